The van der Waals surface area contributed by atoms with Crippen LogP contribution >= 0.6 is 0 Å². The van der Waals surface area contributed by atoms with Crippen LogP contribution < -0.4 is 20.5 Å². The lowest BCUT2D eigenvalue weighted by Crippen LogP contribution is -2.26. The highest BCUT2D eigenvalue weighted by Gasteiger charge is 2.14. The number of ether oxygens (including phenoxy) is 2. The van der Waals surface area contributed by atoms with Crippen LogP contribution in [0.1, 0.15) is 26.2 Å². The molecule has 0 saturated carbocycles. The molecule has 5 heteroatoms. The van der Waals surface area contributed by atoms with Crippen LogP contribution in [0.2, 0.25) is 0 Å². The zero-order valence-corrected chi connectivity index (χ0v) is 10.4. The Balaban J connectivity index is 1.91. The predicted molar refractivity (Wildman–Crippen MR) is 68.7 cm³/mol. The summed E-state index contributed by atoms with van der Waals surface area (Å²) in [6.07, 6.45) is 2.18. The third-order valence-electron chi connectivity index (χ3n) is 2.76. The van der Waals surface area contributed by atoms with Crippen LogP contribution in [0.25, 0.3) is 0 Å². The van der Waals surface area contributed by atoms with Crippen molar-refractivity contribution in [3.05, 3.63) is 18.2 Å². The summed E-state index contributed by atoms with van der Waals surface area (Å²) in [4.78, 5) is 11.7. The van der Waals surface area contributed by atoms with Gasteiger partial charge in [0.05, 0.1) is 0 Å². The highest BCUT2D eigenvalue weighted by atomic mass is 16.7. The largest absolute Gasteiger partial charge is 0.454 e. The summed E-state index contributed by atoms with van der Waals surface area (Å²) < 4.78 is 10.4. The Kier molecular flexibility index (Phi) is 4.04. The SMILES string of the molecule is CCCC(N)CC(=O)Nc1ccc2c(c1)OCO2. The second-order valence-corrected chi connectivity index (χ2v) is 4.37. The van der Waals surface area contributed by atoms with Crippen molar-refractivity contribution >= 4 is 11.6 Å². The van der Waals surface area contributed by atoms with Crippen LogP contribution in [0.4, 0.5) is 5.69 Å². The minimum Gasteiger partial charge on any atom is -0.454 e. The monoisotopic (exact) mass is 250 g/mol. The Bertz CT molecular complexity index is 434. The molecule has 1 heterocycles. The number of nitrogens with one attached hydrogen (secondary N) is 1. The van der Waals surface area contributed by atoms with E-state index in [1.54, 1.807) is 18.2 Å². The van der Waals surface area contributed by atoms with Crippen molar-refractivity contribution < 1.29 is 14.3 Å². The predicted octanol–water partition coefficient (Wildman–Crippen LogP) is 1.87. The van der Waals surface area contributed by atoms with E-state index in [4.69, 9.17) is 15.2 Å². The van der Waals surface area contributed by atoms with Gasteiger partial charge in [-0.25, -0.2) is 0 Å². The number of hydrogen-bond acceptors (Lipinski definition) is 4. The first-order valence-corrected chi connectivity index (χ1v) is 6.14. The van der Waals surface area contributed by atoms with E-state index < -0.39 is 0 Å². The standard InChI is InChI=1S/C13H18N2O3/c1-2-3-9(14)6-13(16)15-10-4-5-11-12(7-10)18-8-17-11/h4-5,7,9H,2-3,6,8,14H2,1H3,(H,15,16). The molecule has 1 atom stereocenters. The third-order valence-corrected chi connectivity index (χ3v) is 2.76. The Morgan fingerprint density at radius 1 is 1.44 bits per heavy atom. The maximum Gasteiger partial charge on any atom is 0.231 e. The average molecular weight is 250 g/mol. The molecule has 3 N–H and O–H groups in total. The molecule has 1 aromatic rings. The van der Waals surface area contributed by atoms with E-state index in [9.17, 15) is 4.79 Å². The zero-order valence-electron chi connectivity index (χ0n) is 10.4. The maximum atomic E-state index is 11.7. The third kappa shape index (κ3) is 3.13. The molecule has 0 aromatic heterocycles. The average Bonchev–Trinajstić information content (AvgIpc) is 2.76. The zero-order chi connectivity index (χ0) is 13.0. The van der Waals surface area contributed by atoms with E-state index in [1.165, 1.54) is 0 Å². The number of anilines is 1. The number of carbonyl (C=O) groups excluding carboxylic acids is 1. The fourth-order valence-electron chi connectivity index (χ4n) is 1.90. The lowest BCUT2D eigenvalue weighted by molar-refractivity contribution is -0.116. The van der Waals surface area contributed by atoms with Gasteiger partial charge in [0, 0.05) is 24.2 Å². The second-order valence-electron chi connectivity index (χ2n) is 4.37. The van der Waals surface area contributed by atoms with Crippen LogP contribution in [-0.4, -0.2) is 18.7 Å². The van der Waals surface area contributed by atoms with Crippen molar-refractivity contribution in [1.29, 1.82) is 0 Å². The fourth-order valence-corrected chi connectivity index (χ4v) is 1.90. The lowest BCUT2D eigenvalue weighted by atomic mass is 10.1. The molecule has 1 aromatic carbocycles. The number of amides is 1. The maximum absolute atomic E-state index is 11.7. The van der Waals surface area contributed by atoms with E-state index in [2.05, 4.69) is 12.2 Å². The number of hydrogen-bond donors (Lipinski definition) is 2. The van der Waals surface area contributed by atoms with Gasteiger partial charge in [-0.15, -0.1) is 0 Å². The molecule has 0 radical (unpaired) electrons. The van der Waals surface area contributed by atoms with Crippen molar-refractivity contribution in [1.82, 2.24) is 0 Å². The molecule has 1 aliphatic heterocycles. The Labute approximate surface area is 106 Å². The molecule has 18 heavy (non-hydrogen) atoms. The quantitative estimate of drug-likeness (QED) is 0.836. The van der Waals surface area contributed by atoms with Gasteiger partial charge in [-0.05, 0) is 18.6 Å². The molecular weight excluding hydrogens is 232 g/mol. The summed E-state index contributed by atoms with van der Waals surface area (Å²) >= 11 is 0. The van der Waals surface area contributed by atoms with Crippen LogP contribution in [0.3, 0.4) is 0 Å². The van der Waals surface area contributed by atoms with Gasteiger partial charge < -0.3 is 20.5 Å². The van der Waals surface area contributed by atoms with Crippen LogP contribution in [-0.2, 0) is 4.79 Å². The molecule has 1 aliphatic rings. The topological polar surface area (TPSA) is 73.6 Å². The van der Waals surface area contributed by atoms with Crippen LogP contribution in [0, 0.1) is 0 Å². The van der Waals surface area contributed by atoms with Gasteiger partial charge >= 0.3 is 0 Å². The highest BCUT2D eigenvalue weighted by Crippen LogP contribution is 2.34. The number of carbonyl (C=O) groups is 1. The summed E-state index contributed by atoms with van der Waals surface area (Å²) in [5.41, 5.74) is 6.53. The molecule has 0 aliphatic carbocycles. The van der Waals surface area contributed by atoms with Gasteiger partial charge in [0.25, 0.3) is 0 Å². The first kappa shape index (κ1) is 12.7. The summed E-state index contributed by atoms with van der Waals surface area (Å²) in [6, 6.07) is 5.25. The Hall–Kier alpha value is -1.75. The van der Waals surface area contributed by atoms with Gasteiger partial charge in [0.1, 0.15) is 0 Å². The number of fused-ring (bicyclic) bond motifs is 1. The minimum atomic E-state index is -0.0796. The summed E-state index contributed by atoms with van der Waals surface area (Å²) in [5.74, 6) is 1.29. The smallest absolute Gasteiger partial charge is 0.231 e. The van der Waals surface area contributed by atoms with Crippen LogP contribution in [0.5, 0.6) is 11.5 Å². The molecule has 5 nitrogen and oxygen atoms in total. The van der Waals surface area contributed by atoms with Gasteiger partial charge in [-0.1, -0.05) is 13.3 Å². The van der Waals surface area contributed by atoms with Crippen molar-refractivity contribution in [2.75, 3.05) is 12.1 Å². The summed E-state index contributed by atoms with van der Waals surface area (Å²) in [7, 11) is 0. The van der Waals surface area contributed by atoms with E-state index in [0.717, 1.165) is 12.8 Å². The summed E-state index contributed by atoms with van der Waals surface area (Å²) in [5, 5.41) is 2.81. The number of benzene rings is 1. The molecule has 1 amide bonds. The van der Waals surface area contributed by atoms with Crippen molar-refractivity contribution in [3.8, 4) is 11.5 Å². The number of rotatable bonds is 5. The summed E-state index contributed by atoms with van der Waals surface area (Å²) in [6.45, 7) is 2.28. The molecule has 98 valence electrons. The van der Waals surface area contributed by atoms with Gasteiger partial charge in [-0.3, -0.25) is 4.79 Å². The van der Waals surface area contributed by atoms with Gasteiger partial charge in [-0.2, -0.15) is 0 Å². The number of nitrogens with two attached hydrogens (primary N) is 1. The Morgan fingerprint density at radius 3 is 3.00 bits per heavy atom. The molecule has 0 fully saturated rings. The van der Waals surface area contributed by atoms with Gasteiger partial charge in [0.2, 0.25) is 12.7 Å². The molecule has 1 unspecified atom stereocenters. The highest BCUT2D eigenvalue weighted by molar-refractivity contribution is 5.91. The first-order chi connectivity index (χ1) is 8.69. The van der Waals surface area contributed by atoms with Gasteiger partial charge in [0.15, 0.2) is 11.5 Å². The van der Waals surface area contributed by atoms with E-state index in [-0.39, 0.29) is 18.7 Å². The van der Waals surface area contributed by atoms with E-state index in [1.807, 2.05) is 0 Å². The molecular formula is C13H18N2O3. The molecule has 0 bridgehead atoms. The van der Waals surface area contributed by atoms with Crippen molar-refractivity contribution in [3.63, 3.8) is 0 Å². The Morgan fingerprint density at radius 2 is 2.22 bits per heavy atom. The van der Waals surface area contributed by atoms with Crippen LogP contribution in [0.15, 0.2) is 18.2 Å². The van der Waals surface area contributed by atoms with E-state index in [0.29, 0.717) is 23.6 Å². The second kappa shape index (κ2) is 5.73. The van der Waals surface area contributed by atoms with E-state index >= 15 is 0 Å². The minimum absolute atomic E-state index is 0.0742. The molecule has 0 spiro atoms. The van der Waals surface area contributed by atoms with Crippen molar-refractivity contribution in [2.24, 2.45) is 5.73 Å². The first-order valence-electron chi connectivity index (χ1n) is 6.14. The van der Waals surface area contributed by atoms with Crippen molar-refractivity contribution in [2.45, 2.75) is 32.2 Å². The normalized spacial score (nSPS) is 14.3. The molecule has 0 saturated heterocycles. The lowest BCUT2D eigenvalue weighted by Gasteiger charge is -2.10. The molecule has 2 rings (SSSR count). The fraction of sp³-hybridized carbons (Fsp3) is 0.462.